The van der Waals surface area contributed by atoms with Gasteiger partial charge in [0, 0.05) is 32.4 Å². The molecule has 2 aromatic heterocycles. The Morgan fingerprint density at radius 3 is 2.68 bits per heavy atom. The van der Waals surface area contributed by atoms with Crippen molar-refractivity contribution in [3.63, 3.8) is 0 Å². The highest BCUT2D eigenvalue weighted by Crippen LogP contribution is 2.35. The highest BCUT2D eigenvalue weighted by Gasteiger charge is 2.36. The molecule has 2 aromatic rings. The Morgan fingerprint density at radius 2 is 1.96 bits per heavy atom. The smallest absolute Gasteiger partial charge is 0.338 e. The van der Waals surface area contributed by atoms with Gasteiger partial charge in [0.1, 0.15) is 0 Å². The summed E-state index contributed by atoms with van der Waals surface area (Å²) >= 11 is 0. The quantitative estimate of drug-likeness (QED) is 0.859. The first-order valence-electron chi connectivity index (χ1n) is 9.29. The molecule has 7 nitrogen and oxygen atoms in total. The second-order valence-electron chi connectivity index (χ2n) is 7.23. The van der Waals surface area contributed by atoms with Crippen LogP contribution in [-0.4, -0.2) is 44.7 Å². The molecule has 134 valence electrons. The molecule has 2 atom stereocenters. The molecule has 1 N–H and O–H groups in total. The topological polar surface area (TPSA) is 71.6 Å². The molecule has 1 saturated heterocycles. The summed E-state index contributed by atoms with van der Waals surface area (Å²) < 4.78 is 3.00. The minimum atomic E-state index is -0.134. The van der Waals surface area contributed by atoms with Gasteiger partial charge in [0.25, 0.3) is 0 Å². The SMILES string of the molecule is O=C(NCCCn1nc2ccccn2c1=O)N1CC2CCCCC2C1. The number of aryl methyl sites for hydroxylation is 1. The fraction of sp³-hybridized carbons (Fsp3) is 0.611. The number of carbonyl (C=O) groups is 1. The van der Waals surface area contributed by atoms with Crippen molar-refractivity contribution in [2.24, 2.45) is 11.8 Å². The summed E-state index contributed by atoms with van der Waals surface area (Å²) in [6.45, 7) is 2.88. The molecule has 0 spiro atoms. The molecule has 0 radical (unpaired) electrons. The van der Waals surface area contributed by atoms with Crippen LogP contribution < -0.4 is 11.0 Å². The minimum Gasteiger partial charge on any atom is -0.338 e. The van der Waals surface area contributed by atoms with E-state index < -0.39 is 0 Å². The van der Waals surface area contributed by atoms with Crippen molar-refractivity contribution in [3.8, 4) is 0 Å². The highest BCUT2D eigenvalue weighted by molar-refractivity contribution is 5.74. The lowest BCUT2D eigenvalue weighted by Crippen LogP contribution is -2.39. The average molecular weight is 343 g/mol. The van der Waals surface area contributed by atoms with Crippen molar-refractivity contribution in [3.05, 3.63) is 34.9 Å². The van der Waals surface area contributed by atoms with Gasteiger partial charge in [0.2, 0.25) is 0 Å². The molecular weight excluding hydrogens is 318 g/mol. The lowest BCUT2D eigenvalue weighted by molar-refractivity contribution is 0.206. The second kappa shape index (κ2) is 6.90. The van der Waals surface area contributed by atoms with Crippen LogP contribution >= 0.6 is 0 Å². The Morgan fingerprint density at radius 1 is 1.20 bits per heavy atom. The molecule has 0 bridgehead atoms. The monoisotopic (exact) mass is 343 g/mol. The number of amides is 2. The molecule has 7 heteroatoms. The lowest BCUT2D eigenvalue weighted by atomic mass is 9.82. The molecule has 2 amide bonds. The van der Waals surface area contributed by atoms with Crippen molar-refractivity contribution in [1.82, 2.24) is 24.4 Å². The summed E-state index contributed by atoms with van der Waals surface area (Å²) in [5, 5.41) is 7.29. The van der Waals surface area contributed by atoms with Gasteiger partial charge in [-0.3, -0.25) is 4.40 Å². The van der Waals surface area contributed by atoms with Gasteiger partial charge < -0.3 is 10.2 Å². The molecule has 25 heavy (non-hydrogen) atoms. The van der Waals surface area contributed by atoms with E-state index in [1.54, 1.807) is 6.20 Å². The van der Waals surface area contributed by atoms with Crippen LogP contribution in [0.4, 0.5) is 4.79 Å². The maximum absolute atomic E-state index is 12.3. The molecule has 1 saturated carbocycles. The number of nitrogens with zero attached hydrogens (tertiary/aromatic N) is 4. The first-order chi connectivity index (χ1) is 12.2. The third-order valence-electron chi connectivity index (χ3n) is 5.57. The summed E-state index contributed by atoms with van der Waals surface area (Å²) in [6.07, 6.45) is 7.57. The number of fused-ring (bicyclic) bond motifs is 2. The van der Waals surface area contributed by atoms with Gasteiger partial charge in [-0.05, 0) is 43.2 Å². The van der Waals surface area contributed by atoms with E-state index in [9.17, 15) is 9.59 Å². The largest absolute Gasteiger partial charge is 0.350 e. The van der Waals surface area contributed by atoms with E-state index in [1.165, 1.54) is 34.8 Å². The maximum Gasteiger partial charge on any atom is 0.350 e. The Balaban J connectivity index is 1.26. The van der Waals surface area contributed by atoms with Crippen LogP contribution in [0.5, 0.6) is 0 Å². The number of urea groups is 1. The summed E-state index contributed by atoms with van der Waals surface area (Å²) in [7, 11) is 0. The molecule has 1 aliphatic heterocycles. The summed E-state index contributed by atoms with van der Waals surface area (Å²) in [5.41, 5.74) is 0.516. The van der Waals surface area contributed by atoms with Crippen molar-refractivity contribution < 1.29 is 4.79 Å². The zero-order chi connectivity index (χ0) is 17.2. The van der Waals surface area contributed by atoms with Crippen LogP contribution in [0.2, 0.25) is 0 Å². The second-order valence-corrected chi connectivity index (χ2v) is 7.23. The number of rotatable bonds is 4. The predicted octanol–water partition coefficient (Wildman–Crippen LogP) is 1.72. The summed E-state index contributed by atoms with van der Waals surface area (Å²) in [4.78, 5) is 26.5. The van der Waals surface area contributed by atoms with Crippen LogP contribution in [-0.2, 0) is 6.54 Å². The molecular formula is C18H25N5O2. The zero-order valence-electron chi connectivity index (χ0n) is 14.4. The zero-order valence-corrected chi connectivity index (χ0v) is 14.4. The van der Waals surface area contributed by atoms with Crippen LogP contribution in [0.25, 0.3) is 5.65 Å². The number of pyridine rings is 1. The minimum absolute atomic E-state index is 0.0387. The number of carbonyl (C=O) groups excluding carboxylic acids is 1. The Kier molecular flexibility index (Phi) is 4.46. The third-order valence-corrected chi connectivity index (χ3v) is 5.57. The molecule has 4 rings (SSSR count). The van der Waals surface area contributed by atoms with Gasteiger partial charge in [0.05, 0.1) is 0 Å². The van der Waals surface area contributed by atoms with Gasteiger partial charge in [-0.2, -0.15) is 0 Å². The number of likely N-dealkylation sites (tertiary alicyclic amines) is 1. The normalized spacial score (nSPS) is 23.0. The van der Waals surface area contributed by atoms with E-state index in [4.69, 9.17) is 0 Å². The van der Waals surface area contributed by atoms with Gasteiger partial charge in [0.15, 0.2) is 5.65 Å². The van der Waals surface area contributed by atoms with Crippen LogP contribution in [0.3, 0.4) is 0 Å². The van der Waals surface area contributed by atoms with Crippen LogP contribution in [0, 0.1) is 11.8 Å². The first kappa shape index (κ1) is 16.2. The first-order valence-corrected chi connectivity index (χ1v) is 9.29. The Bertz CT molecular complexity index is 797. The molecule has 0 aromatic carbocycles. The van der Waals surface area contributed by atoms with Crippen molar-refractivity contribution in [1.29, 1.82) is 0 Å². The summed E-state index contributed by atoms with van der Waals surface area (Å²) in [6, 6.07) is 5.53. The number of hydrogen-bond donors (Lipinski definition) is 1. The molecule has 1 aliphatic carbocycles. The van der Waals surface area contributed by atoms with Crippen LogP contribution in [0.15, 0.2) is 29.2 Å². The van der Waals surface area contributed by atoms with Crippen molar-refractivity contribution in [2.45, 2.75) is 38.6 Å². The molecule has 2 unspecified atom stereocenters. The van der Waals surface area contributed by atoms with Gasteiger partial charge in [-0.15, -0.1) is 5.10 Å². The third kappa shape index (κ3) is 3.27. The van der Waals surface area contributed by atoms with E-state index in [-0.39, 0.29) is 11.7 Å². The van der Waals surface area contributed by atoms with Crippen molar-refractivity contribution >= 4 is 11.7 Å². The fourth-order valence-corrected chi connectivity index (χ4v) is 4.22. The van der Waals surface area contributed by atoms with Crippen molar-refractivity contribution in [2.75, 3.05) is 19.6 Å². The van der Waals surface area contributed by atoms with Gasteiger partial charge in [-0.25, -0.2) is 14.3 Å². The fourth-order valence-electron chi connectivity index (χ4n) is 4.22. The average Bonchev–Trinajstić information content (AvgIpc) is 3.20. The van der Waals surface area contributed by atoms with E-state index in [0.717, 1.165) is 13.1 Å². The highest BCUT2D eigenvalue weighted by atomic mass is 16.2. The predicted molar refractivity (Wildman–Crippen MR) is 94.5 cm³/mol. The van der Waals surface area contributed by atoms with E-state index >= 15 is 0 Å². The summed E-state index contributed by atoms with van der Waals surface area (Å²) in [5.74, 6) is 1.41. The maximum atomic E-state index is 12.3. The van der Waals surface area contributed by atoms with Gasteiger partial charge in [-0.1, -0.05) is 18.9 Å². The van der Waals surface area contributed by atoms with E-state index in [1.807, 2.05) is 23.1 Å². The number of nitrogens with one attached hydrogen (secondary N) is 1. The van der Waals surface area contributed by atoms with E-state index in [0.29, 0.717) is 37.0 Å². The molecule has 2 fully saturated rings. The number of aromatic nitrogens is 3. The Hall–Kier alpha value is -2.31. The lowest BCUT2D eigenvalue weighted by Gasteiger charge is -2.22. The van der Waals surface area contributed by atoms with Gasteiger partial charge >= 0.3 is 11.7 Å². The molecule has 3 heterocycles. The Labute approximate surface area is 146 Å². The number of hydrogen-bond acceptors (Lipinski definition) is 3. The molecule has 2 aliphatic rings. The van der Waals surface area contributed by atoms with Crippen LogP contribution in [0.1, 0.15) is 32.1 Å². The van der Waals surface area contributed by atoms with E-state index in [2.05, 4.69) is 10.4 Å². The standard InChI is InChI=1S/C18H25N5O2/c24-17(21-12-14-6-1-2-7-15(14)13-21)19-9-5-11-23-18(25)22-10-4-3-8-16(22)20-23/h3-4,8,10,14-15H,1-2,5-7,9,11-13H2,(H,19,24).